The first-order valence-electron chi connectivity index (χ1n) is 23.1. The molecule has 0 radical (unpaired) electrons. The van der Waals surface area contributed by atoms with Crippen LogP contribution in [0.5, 0.6) is 0 Å². The van der Waals surface area contributed by atoms with Crippen molar-refractivity contribution in [3.63, 3.8) is 0 Å². The van der Waals surface area contributed by atoms with Gasteiger partial charge in [0.1, 0.15) is 6.10 Å². The quantitative estimate of drug-likeness (QED) is 0.0506. The van der Waals surface area contributed by atoms with Crippen LogP contribution in [0, 0.1) is 0 Å². The van der Waals surface area contributed by atoms with E-state index in [1.54, 1.807) is 0 Å². The van der Waals surface area contributed by atoms with Crippen LogP contribution < -0.4 is 0 Å². The molecule has 0 bridgehead atoms. The predicted molar refractivity (Wildman–Crippen MR) is 219 cm³/mol. The first-order valence-corrected chi connectivity index (χ1v) is 23.1. The van der Waals surface area contributed by atoms with E-state index in [9.17, 15) is 9.90 Å². The van der Waals surface area contributed by atoms with E-state index in [0.717, 1.165) is 19.3 Å². The summed E-state index contributed by atoms with van der Waals surface area (Å²) >= 11 is 0. The number of esters is 1. The molecular weight excluding hydrogens is 617 g/mol. The highest BCUT2D eigenvalue weighted by Gasteiger charge is 2.13. The Bertz CT molecular complexity index is 623. The van der Waals surface area contributed by atoms with Crippen LogP contribution in [-0.2, 0) is 14.3 Å². The van der Waals surface area contributed by atoms with Crippen molar-refractivity contribution in [1.82, 2.24) is 0 Å². The Kier molecular flexibility index (Phi) is 44.0. The van der Waals surface area contributed by atoms with Crippen molar-refractivity contribution >= 4 is 5.97 Å². The van der Waals surface area contributed by atoms with Gasteiger partial charge in [0, 0.05) is 13.0 Å². The van der Waals surface area contributed by atoms with Crippen LogP contribution in [0.2, 0.25) is 0 Å². The SMILES string of the molecule is CCCCCCCCCCCCCCCCCCCCCCCCCCCOCC(CO)OC(=O)CCCCCCCCCCCCCCC. The van der Waals surface area contributed by atoms with Gasteiger partial charge in [-0.1, -0.05) is 245 Å². The van der Waals surface area contributed by atoms with Gasteiger partial charge in [-0.25, -0.2) is 0 Å². The lowest BCUT2D eigenvalue weighted by Gasteiger charge is -2.16. The highest BCUT2D eigenvalue weighted by Crippen LogP contribution is 2.17. The molecule has 0 aromatic heterocycles. The summed E-state index contributed by atoms with van der Waals surface area (Å²) in [6.07, 6.45) is 51.8. The molecule has 4 nitrogen and oxygen atoms in total. The molecule has 0 saturated heterocycles. The van der Waals surface area contributed by atoms with Gasteiger partial charge < -0.3 is 14.6 Å². The first kappa shape index (κ1) is 49.4. The summed E-state index contributed by atoms with van der Waals surface area (Å²) in [5.41, 5.74) is 0. The minimum Gasteiger partial charge on any atom is -0.457 e. The Balaban J connectivity index is 3.30. The molecule has 0 aromatic carbocycles. The Morgan fingerprint density at radius 2 is 0.660 bits per heavy atom. The summed E-state index contributed by atoms with van der Waals surface area (Å²) in [4.78, 5) is 12.2. The lowest BCUT2D eigenvalue weighted by atomic mass is 10.0. The minimum absolute atomic E-state index is 0.163. The monoisotopic (exact) mass is 709 g/mol. The van der Waals surface area contributed by atoms with Gasteiger partial charge in [-0.05, 0) is 12.8 Å². The predicted octanol–water partition coefficient (Wildman–Crippen LogP) is 15.2. The third kappa shape index (κ3) is 41.8. The maximum Gasteiger partial charge on any atom is 0.306 e. The highest BCUT2D eigenvalue weighted by atomic mass is 16.6. The molecule has 0 aliphatic rings. The van der Waals surface area contributed by atoms with Crippen molar-refractivity contribution in [1.29, 1.82) is 0 Å². The third-order valence-corrected chi connectivity index (χ3v) is 10.7. The molecule has 4 heteroatoms. The molecule has 0 rings (SSSR count). The van der Waals surface area contributed by atoms with Gasteiger partial charge in [-0.2, -0.15) is 0 Å². The second-order valence-electron chi connectivity index (χ2n) is 15.8. The Morgan fingerprint density at radius 1 is 0.400 bits per heavy atom. The zero-order valence-electron chi connectivity index (χ0n) is 34.4. The minimum atomic E-state index is -0.524. The van der Waals surface area contributed by atoms with Crippen LogP contribution >= 0.6 is 0 Å². The molecule has 0 fully saturated rings. The van der Waals surface area contributed by atoms with Gasteiger partial charge in [-0.3, -0.25) is 4.79 Å². The Hall–Kier alpha value is -0.610. The summed E-state index contributed by atoms with van der Waals surface area (Å²) in [6.45, 7) is 5.40. The average molecular weight is 709 g/mol. The number of carbonyl (C=O) groups excluding carboxylic acids is 1. The number of ether oxygens (including phenoxy) is 2. The van der Waals surface area contributed by atoms with E-state index >= 15 is 0 Å². The van der Waals surface area contributed by atoms with E-state index in [2.05, 4.69) is 13.8 Å². The second-order valence-corrected chi connectivity index (χ2v) is 15.8. The van der Waals surface area contributed by atoms with Crippen molar-refractivity contribution in [3.05, 3.63) is 0 Å². The molecule has 300 valence electrons. The summed E-state index contributed by atoms with van der Waals surface area (Å²) < 4.78 is 11.2. The fourth-order valence-electron chi connectivity index (χ4n) is 7.21. The van der Waals surface area contributed by atoms with Crippen molar-refractivity contribution in [2.24, 2.45) is 0 Å². The van der Waals surface area contributed by atoms with E-state index in [1.165, 1.54) is 225 Å². The number of hydrogen-bond donors (Lipinski definition) is 1. The molecule has 1 N–H and O–H groups in total. The van der Waals surface area contributed by atoms with E-state index in [1.807, 2.05) is 0 Å². The van der Waals surface area contributed by atoms with E-state index in [-0.39, 0.29) is 12.6 Å². The Labute approximate surface area is 314 Å². The van der Waals surface area contributed by atoms with Crippen LogP contribution in [0.1, 0.15) is 264 Å². The normalized spacial score (nSPS) is 12.1. The van der Waals surface area contributed by atoms with Gasteiger partial charge in [-0.15, -0.1) is 0 Å². The van der Waals surface area contributed by atoms with Crippen LogP contribution in [0.15, 0.2) is 0 Å². The summed E-state index contributed by atoms with van der Waals surface area (Å²) in [5.74, 6) is -0.194. The third-order valence-electron chi connectivity index (χ3n) is 10.7. The lowest BCUT2D eigenvalue weighted by Crippen LogP contribution is -2.27. The first-order chi connectivity index (χ1) is 24.7. The number of aliphatic hydroxyl groups is 1. The average Bonchev–Trinajstić information content (AvgIpc) is 3.12. The van der Waals surface area contributed by atoms with Gasteiger partial charge >= 0.3 is 5.97 Å². The summed E-state index contributed by atoms with van der Waals surface area (Å²) in [7, 11) is 0. The molecule has 0 aliphatic carbocycles. The number of hydrogen-bond acceptors (Lipinski definition) is 4. The maximum absolute atomic E-state index is 12.2. The fraction of sp³-hybridized carbons (Fsp3) is 0.978. The molecule has 0 saturated carbocycles. The summed E-state index contributed by atoms with van der Waals surface area (Å²) in [6, 6.07) is 0. The van der Waals surface area contributed by atoms with Crippen molar-refractivity contribution < 1.29 is 19.4 Å². The fourth-order valence-corrected chi connectivity index (χ4v) is 7.21. The molecule has 50 heavy (non-hydrogen) atoms. The number of carbonyl (C=O) groups is 1. The van der Waals surface area contributed by atoms with Gasteiger partial charge in [0.2, 0.25) is 0 Å². The van der Waals surface area contributed by atoms with Crippen LogP contribution in [-0.4, -0.2) is 37.0 Å². The van der Waals surface area contributed by atoms with Crippen LogP contribution in [0.4, 0.5) is 0 Å². The van der Waals surface area contributed by atoms with E-state index < -0.39 is 6.10 Å². The molecule has 1 atom stereocenters. The summed E-state index contributed by atoms with van der Waals surface area (Å²) in [5, 5.41) is 9.60. The van der Waals surface area contributed by atoms with Gasteiger partial charge in [0.05, 0.1) is 13.2 Å². The van der Waals surface area contributed by atoms with Crippen molar-refractivity contribution in [3.8, 4) is 0 Å². The zero-order valence-corrected chi connectivity index (χ0v) is 34.4. The van der Waals surface area contributed by atoms with E-state index in [4.69, 9.17) is 9.47 Å². The number of rotatable bonds is 44. The number of aliphatic hydroxyl groups excluding tert-OH is 1. The standard InChI is InChI=1S/C46H92O4/c1-3-5-7-9-11-13-15-17-18-19-20-21-22-23-24-25-26-27-28-30-32-34-36-38-40-42-49-44-45(43-47)50-46(48)41-39-37-35-33-31-29-16-14-12-10-8-6-4-2/h45,47H,3-44H2,1-2H3. The van der Waals surface area contributed by atoms with Crippen LogP contribution in [0.3, 0.4) is 0 Å². The smallest absolute Gasteiger partial charge is 0.306 e. The van der Waals surface area contributed by atoms with Crippen molar-refractivity contribution in [2.45, 2.75) is 270 Å². The zero-order chi connectivity index (χ0) is 36.3. The molecule has 1 unspecified atom stereocenters. The molecule has 0 aliphatic heterocycles. The second kappa shape index (κ2) is 44.6. The molecule has 0 amide bonds. The molecule has 0 spiro atoms. The van der Waals surface area contributed by atoms with Crippen molar-refractivity contribution in [2.75, 3.05) is 19.8 Å². The molecular formula is C46H92O4. The largest absolute Gasteiger partial charge is 0.457 e. The number of unbranched alkanes of at least 4 members (excludes halogenated alkanes) is 36. The van der Waals surface area contributed by atoms with E-state index in [0.29, 0.717) is 19.6 Å². The van der Waals surface area contributed by atoms with Gasteiger partial charge in [0.15, 0.2) is 0 Å². The van der Waals surface area contributed by atoms with Crippen LogP contribution in [0.25, 0.3) is 0 Å². The molecule has 0 aromatic rings. The van der Waals surface area contributed by atoms with Gasteiger partial charge in [0.25, 0.3) is 0 Å². The molecule has 0 heterocycles. The Morgan fingerprint density at radius 3 is 0.940 bits per heavy atom. The topological polar surface area (TPSA) is 55.8 Å². The lowest BCUT2D eigenvalue weighted by molar-refractivity contribution is -0.154. The highest BCUT2D eigenvalue weighted by molar-refractivity contribution is 5.69. The maximum atomic E-state index is 12.2.